The van der Waals surface area contributed by atoms with Crippen molar-refractivity contribution < 1.29 is 4.42 Å². The molecule has 1 aliphatic heterocycles. The van der Waals surface area contributed by atoms with Crippen molar-refractivity contribution in [3.05, 3.63) is 36.2 Å². The highest BCUT2D eigenvalue weighted by Gasteiger charge is 2.30. The van der Waals surface area contributed by atoms with Gasteiger partial charge in [-0.15, -0.1) is 10.2 Å². The average Bonchev–Trinajstić information content (AvgIpc) is 3.06. The molecule has 1 aliphatic rings. The van der Waals surface area contributed by atoms with E-state index in [0.29, 0.717) is 17.2 Å². The molecule has 0 amide bonds. The summed E-state index contributed by atoms with van der Waals surface area (Å²) in [6.45, 7) is 10.1. The largest absolute Gasteiger partial charge is 0.420 e. The van der Waals surface area contributed by atoms with Crippen molar-refractivity contribution in [3.63, 3.8) is 0 Å². The van der Waals surface area contributed by atoms with Gasteiger partial charge in [0.25, 0.3) is 0 Å². The van der Waals surface area contributed by atoms with Crippen LogP contribution in [0.4, 0.5) is 0 Å². The van der Waals surface area contributed by atoms with Crippen LogP contribution in [0.25, 0.3) is 11.5 Å². The monoisotopic (exact) mass is 285 g/mol. The van der Waals surface area contributed by atoms with Crippen molar-refractivity contribution in [2.45, 2.75) is 33.1 Å². The van der Waals surface area contributed by atoms with Crippen LogP contribution in [0.3, 0.4) is 0 Å². The van der Waals surface area contributed by atoms with E-state index in [1.165, 1.54) is 0 Å². The molecule has 1 aromatic carbocycles. The molecule has 0 bridgehead atoms. The van der Waals surface area contributed by atoms with Gasteiger partial charge in [0.05, 0.1) is 5.92 Å². The summed E-state index contributed by atoms with van der Waals surface area (Å²) < 4.78 is 5.88. The molecule has 21 heavy (non-hydrogen) atoms. The Labute approximate surface area is 126 Å². The molecule has 0 N–H and O–H groups in total. The number of rotatable bonds is 3. The van der Waals surface area contributed by atoms with E-state index in [1.54, 1.807) is 0 Å². The maximum atomic E-state index is 5.88. The predicted octanol–water partition coefficient (Wildman–Crippen LogP) is 3.57. The molecule has 1 saturated heterocycles. The van der Waals surface area contributed by atoms with Gasteiger partial charge in [0, 0.05) is 18.7 Å². The third-order valence-electron chi connectivity index (χ3n) is 3.78. The van der Waals surface area contributed by atoms with Gasteiger partial charge in [0.15, 0.2) is 0 Å². The Balaban J connectivity index is 1.68. The Morgan fingerprint density at radius 2 is 1.95 bits per heavy atom. The lowest BCUT2D eigenvalue weighted by atomic mass is 9.96. The number of hydrogen-bond donors (Lipinski definition) is 0. The summed E-state index contributed by atoms with van der Waals surface area (Å²) in [4.78, 5) is 2.50. The molecule has 0 aliphatic carbocycles. The third-order valence-corrected chi connectivity index (χ3v) is 3.78. The smallest absolute Gasteiger partial charge is 0.247 e. The van der Waals surface area contributed by atoms with Crippen LogP contribution >= 0.6 is 0 Å². The molecule has 1 fully saturated rings. The van der Waals surface area contributed by atoms with Crippen molar-refractivity contribution in [3.8, 4) is 11.5 Å². The molecule has 0 radical (unpaired) electrons. The number of likely N-dealkylation sites (tertiary alicyclic amines) is 1. The SMILES string of the molecule is CC(C)(C)CN1CCC(c2nnc(-c3ccccc3)o2)C1. The minimum absolute atomic E-state index is 0.332. The molecular weight excluding hydrogens is 262 g/mol. The average molecular weight is 285 g/mol. The molecule has 1 atom stereocenters. The first-order chi connectivity index (χ1) is 10.0. The summed E-state index contributed by atoms with van der Waals surface area (Å²) >= 11 is 0. The van der Waals surface area contributed by atoms with E-state index < -0.39 is 0 Å². The molecule has 1 unspecified atom stereocenters. The minimum Gasteiger partial charge on any atom is -0.420 e. The van der Waals surface area contributed by atoms with Gasteiger partial charge >= 0.3 is 0 Å². The van der Waals surface area contributed by atoms with Gasteiger partial charge in [-0.25, -0.2) is 0 Å². The molecule has 112 valence electrons. The summed E-state index contributed by atoms with van der Waals surface area (Å²) in [5, 5.41) is 8.46. The summed E-state index contributed by atoms with van der Waals surface area (Å²) in [5.41, 5.74) is 1.32. The van der Waals surface area contributed by atoms with Crippen LogP contribution in [-0.2, 0) is 0 Å². The molecule has 4 nitrogen and oxygen atoms in total. The van der Waals surface area contributed by atoms with Crippen molar-refractivity contribution in [1.29, 1.82) is 0 Å². The van der Waals surface area contributed by atoms with Crippen LogP contribution in [0.2, 0.25) is 0 Å². The van der Waals surface area contributed by atoms with Crippen molar-refractivity contribution in [2.75, 3.05) is 19.6 Å². The summed E-state index contributed by atoms with van der Waals surface area (Å²) in [6, 6.07) is 9.96. The van der Waals surface area contributed by atoms with Gasteiger partial charge < -0.3 is 9.32 Å². The predicted molar refractivity (Wildman–Crippen MR) is 83.0 cm³/mol. The van der Waals surface area contributed by atoms with Crippen molar-refractivity contribution in [1.82, 2.24) is 15.1 Å². The van der Waals surface area contributed by atoms with Gasteiger partial charge in [-0.05, 0) is 30.5 Å². The second-order valence-corrected chi connectivity index (χ2v) is 7.09. The molecular formula is C17H23N3O. The quantitative estimate of drug-likeness (QED) is 0.864. The van der Waals surface area contributed by atoms with Crippen LogP contribution in [0.1, 0.15) is 39.0 Å². The van der Waals surface area contributed by atoms with Crippen LogP contribution < -0.4 is 0 Å². The molecule has 2 heterocycles. The molecule has 4 heteroatoms. The van der Waals surface area contributed by atoms with E-state index >= 15 is 0 Å². The summed E-state index contributed by atoms with van der Waals surface area (Å²) in [5.74, 6) is 1.78. The maximum absolute atomic E-state index is 5.88. The van der Waals surface area contributed by atoms with E-state index in [-0.39, 0.29) is 0 Å². The Morgan fingerprint density at radius 3 is 2.67 bits per heavy atom. The number of aromatic nitrogens is 2. The van der Waals surface area contributed by atoms with Crippen molar-refractivity contribution in [2.24, 2.45) is 5.41 Å². The maximum Gasteiger partial charge on any atom is 0.247 e. The first kappa shape index (κ1) is 14.3. The van der Waals surface area contributed by atoms with Crippen LogP contribution in [0.15, 0.2) is 34.7 Å². The normalized spacial score (nSPS) is 20.0. The number of nitrogens with zero attached hydrogens (tertiary/aromatic N) is 3. The second-order valence-electron chi connectivity index (χ2n) is 7.09. The molecule has 0 saturated carbocycles. The lowest BCUT2D eigenvalue weighted by Gasteiger charge is -2.25. The highest BCUT2D eigenvalue weighted by atomic mass is 16.4. The fraction of sp³-hybridized carbons (Fsp3) is 0.529. The van der Waals surface area contributed by atoms with E-state index in [1.807, 2.05) is 30.3 Å². The zero-order valence-corrected chi connectivity index (χ0v) is 13.0. The van der Waals surface area contributed by atoms with Crippen LogP contribution in [0, 0.1) is 5.41 Å². The lowest BCUT2D eigenvalue weighted by molar-refractivity contribution is 0.223. The van der Waals surface area contributed by atoms with Gasteiger partial charge in [-0.2, -0.15) is 0 Å². The molecule has 2 aromatic rings. The van der Waals surface area contributed by atoms with E-state index in [4.69, 9.17) is 4.42 Å². The first-order valence-corrected chi connectivity index (χ1v) is 7.62. The zero-order valence-electron chi connectivity index (χ0n) is 13.0. The van der Waals surface area contributed by atoms with E-state index in [9.17, 15) is 0 Å². The van der Waals surface area contributed by atoms with Gasteiger partial charge in [-0.3, -0.25) is 0 Å². The minimum atomic E-state index is 0.332. The van der Waals surface area contributed by atoms with Crippen LogP contribution in [0.5, 0.6) is 0 Å². The first-order valence-electron chi connectivity index (χ1n) is 7.62. The Hall–Kier alpha value is -1.68. The van der Waals surface area contributed by atoms with E-state index in [2.05, 4.69) is 35.9 Å². The molecule has 0 spiro atoms. The lowest BCUT2D eigenvalue weighted by Crippen LogP contribution is -2.30. The third kappa shape index (κ3) is 3.50. The number of hydrogen-bond acceptors (Lipinski definition) is 4. The Morgan fingerprint density at radius 1 is 1.19 bits per heavy atom. The summed E-state index contributed by atoms with van der Waals surface area (Å²) in [7, 11) is 0. The second kappa shape index (κ2) is 5.60. The highest BCUT2D eigenvalue weighted by molar-refractivity contribution is 5.51. The molecule has 3 rings (SSSR count). The van der Waals surface area contributed by atoms with Gasteiger partial charge in [0.2, 0.25) is 11.8 Å². The van der Waals surface area contributed by atoms with E-state index in [0.717, 1.165) is 37.5 Å². The fourth-order valence-corrected chi connectivity index (χ4v) is 2.95. The topological polar surface area (TPSA) is 42.2 Å². The fourth-order valence-electron chi connectivity index (χ4n) is 2.95. The molecule has 1 aromatic heterocycles. The Bertz CT molecular complexity index is 586. The van der Waals surface area contributed by atoms with Crippen LogP contribution in [-0.4, -0.2) is 34.7 Å². The highest BCUT2D eigenvalue weighted by Crippen LogP contribution is 2.30. The summed E-state index contributed by atoms with van der Waals surface area (Å²) in [6.07, 6.45) is 1.10. The van der Waals surface area contributed by atoms with Gasteiger partial charge in [0.1, 0.15) is 0 Å². The van der Waals surface area contributed by atoms with Crippen molar-refractivity contribution >= 4 is 0 Å². The number of benzene rings is 1. The van der Waals surface area contributed by atoms with Gasteiger partial charge in [-0.1, -0.05) is 39.0 Å². The standard InChI is InChI=1S/C17H23N3O/c1-17(2,3)12-20-10-9-14(11-20)16-19-18-15(21-16)13-7-5-4-6-8-13/h4-8,14H,9-12H2,1-3H3. The Kier molecular flexibility index (Phi) is 3.81. The zero-order chi connectivity index (χ0) is 14.9.